The lowest BCUT2D eigenvalue weighted by atomic mass is 10.1. The van der Waals surface area contributed by atoms with Gasteiger partial charge >= 0.3 is 0 Å². The number of rotatable bonds is 8. The average Bonchev–Trinajstić information content (AvgIpc) is 3.09. The molecule has 12 nitrogen and oxygen atoms in total. The number of methoxy groups -OCH3 is 3. The molecule has 1 fully saturated rings. The molecule has 0 bridgehead atoms. The Morgan fingerprint density at radius 1 is 1.09 bits per heavy atom. The van der Waals surface area contributed by atoms with E-state index >= 15 is 0 Å². The summed E-state index contributed by atoms with van der Waals surface area (Å²) in [6, 6.07) is 6.98. The van der Waals surface area contributed by atoms with Gasteiger partial charge in [0.1, 0.15) is 6.04 Å². The van der Waals surface area contributed by atoms with Crippen LogP contribution in [0.2, 0.25) is 0 Å². The standard InChI is InChI=1S/C20H20N4O8/c1-30-15-7-11(8-16(31-2)18(15)32-3)19(26)22-21-14-10-17(25)23(20(14)27)12-5-4-6-13(9-12)24(28)29/h4-9,14,21H,10H2,1-3H3,(H,22,26)/t14-/m1/s1. The van der Waals surface area contributed by atoms with Crippen LogP contribution in [-0.4, -0.2) is 50.0 Å². The fourth-order valence-corrected chi connectivity index (χ4v) is 3.20. The van der Waals surface area contributed by atoms with Crippen molar-refractivity contribution in [3.8, 4) is 17.2 Å². The largest absolute Gasteiger partial charge is 0.493 e. The van der Waals surface area contributed by atoms with Crippen LogP contribution in [0.4, 0.5) is 11.4 Å². The summed E-state index contributed by atoms with van der Waals surface area (Å²) in [7, 11) is 4.24. The van der Waals surface area contributed by atoms with Crippen molar-refractivity contribution in [3.05, 3.63) is 52.1 Å². The first kappa shape index (κ1) is 22.5. The molecule has 32 heavy (non-hydrogen) atoms. The molecule has 2 aromatic carbocycles. The number of nitro groups is 1. The minimum absolute atomic E-state index is 0.0782. The molecule has 1 aliphatic rings. The van der Waals surface area contributed by atoms with Crippen LogP contribution in [-0.2, 0) is 9.59 Å². The lowest BCUT2D eigenvalue weighted by molar-refractivity contribution is -0.384. The molecule has 0 radical (unpaired) electrons. The van der Waals surface area contributed by atoms with E-state index < -0.39 is 28.7 Å². The summed E-state index contributed by atoms with van der Waals surface area (Å²) in [5, 5.41) is 11.0. The van der Waals surface area contributed by atoms with Crippen LogP contribution >= 0.6 is 0 Å². The van der Waals surface area contributed by atoms with E-state index in [2.05, 4.69) is 10.9 Å². The van der Waals surface area contributed by atoms with Gasteiger partial charge in [0.2, 0.25) is 11.7 Å². The molecule has 1 aliphatic heterocycles. The first-order valence-electron chi connectivity index (χ1n) is 9.27. The first-order chi connectivity index (χ1) is 15.3. The fraction of sp³-hybridized carbons (Fsp3) is 0.250. The number of anilines is 1. The molecule has 12 heteroatoms. The number of benzene rings is 2. The highest BCUT2D eigenvalue weighted by Gasteiger charge is 2.40. The SMILES string of the molecule is COc1cc(C(=O)NN[C@@H]2CC(=O)N(c3cccc([N+](=O)[O-])c3)C2=O)cc(OC)c1OC. The van der Waals surface area contributed by atoms with Gasteiger partial charge in [0.25, 0.3) is 17.5 Å². The van der Waals surface area contributed by atoms with E-state index in [-0.39, 0.29) is 34.9 Å². The van der Waals surface area contributed by atoms with E-state index in [4.69, 9.17) is 14.2 Å². The zero-order valence-electron chi connectivity index (χ0n) is 17.4. The number of carbonyl (C=O) groups is 3. The van der Waals surface area contributed by atoms with Crippen molar-refractivity contribution in [1.29, 1.82) is 0 Å². The molecule has 168 valence electrons. The lowest BCUT2D eigenvalue weighted by Gasteiger charge is -2.16. The van der Waals surface area contributed by atoms with E-state index in [1.54, 1.807) is 0 Å². The molecule has 0 unspecified atom stereocenters. The minimum Gasteiger partial charge on any atom is -0.493 e. The summed E-state index contributed by atoms with van der Waals surface area (Å²) in [6.07, 6.45) is -0.239. The molecular weight excluding hydrogens is 424 g/mol. The van der Waals surface area contributed by atoms with Crippen LogP contribution in [0.5, 0.6) is 17.2 Å². The highest BCUT2D eigenvalue weighted by Crippen LogP contribution is 2.38. The highest BCUT2D eigenvalue weighted by atomic mass is 16.6. The van der Waals surface area contributed by atoms with Crippen molar-refractivity contribution in [1.82, 2.24) is 10.9 Å². The molecule has 0 saturated carbocycles. The molecule has 0 aromatic heterocycles. The predicted octanol–water partition coefficient (Wildman–Crippen LogP) is 1.19. The molecule has 3 amide bonds. The Kier molecular flexibility index (Phi) is 6.54. The van der Waals surface area contributed by atoms with Crippen LogP contribution in [0, 0.1) is 10.1 Å². The van der Waals surface area contributed by atoms with Gasteiger partial charge in [-0.3, -0.25) is 29.9 Å². The van der Waals surface area contributed by atoms with Crippen molar-refractivity contribution >= 4 is 29.1 Å². The highest BCUT2D eigenvalue weighted by molar-refractivity contribution is 6.22. The molecule has 0 spiro atoms. The van der Waals surface area contributed by atoms with Crippen molar-refractivity contribution in [2.75, 3.05) is 26.2 Å². The van der Waals surface area contributed by atoms with Crippen LogP contribution < -0.4 is 30.0 Å². The van der Waals surface area contributed by atoms with Crippen molar-refractivity contribution in [2.45, 2.75) is 12.5 Å². The number of hydrogen-bond donors (Lipinski definition) is 2. The number of non-ortho nitro benzene ring substituents is 1. The van der Waals surface area contributed by atoms with Crippen molar-refractivity contribution < 1.29 is 33.5 Å². The number of hydrogen-bond acceptors (Lipinski definition) is 9. The summed E-state index contributed by atoms with van der Waals surface area (Å²) in [6.45, 7) is 0. The van der Waals surface area contributed by atoms with Gasteiger partial charge in [0.15, 0.2) is 11.5 Å². The molecule has 1 atom stereocenters. The van der Waals surface area contributed by atoms with Gasteiger partial charge in [-0.1, -0.05) is 6.07 Å². The molecule has 1 saturated heterocycles. The quantitative estimate of drug-likeness (QED) is 0.348. The predicted molar refractivity (Wildman–Crippen MR) is 111 cm³/mol. The Morgan fingerprint density at radius 2 is 1.75 bits per heavy atom. The number of nitro benzene ring substituents is 1. The molecule has 0 aliphatic carbocycles. The number of nitrogens with zero attached hydrogens (tertiary/aromatic N) is 2. The normalized spacial score (nSPS) is 15.5. The number of ether oxygens (including phenoxy) is 3. The summed E-state index contributed by atoms with van der Waals surface area (Å²) in [5.74, 6) is -0.986. The second-order valence-electron chi connectivity index (χ2n) is 6.61. The second kappa shape index (κ2) is 9.31. The number of hydrazine groups is 1. The summed E-state index contributed by atoms with van der Waals surface area (Å²) in [4.78, 5) is 48.8. The fourth-order valence-electron chi connectivity index (χ4n) is 3.20. The van der Waals surface area contributed by atoms with E-state index in [0.717, 1.165) is 11.0 Å². The van der Waals surface area contributed by atoms with Gasteiger partial charge in [-0.05, 0) is 18.2 Å². The minimum atomic E-state index is -1.05. The third-order valence-corrected chi connectivity index (χ3v) is 4.73. The molecular formula is C20H20N4O8. The Bertz CT molecular complexity index is 1060. The summed E-state index contributed by atoms with van der Waals surface area (Å²) in [5.41, 5.74) is 4.90. The Hall–Kier alpha value is -4.19. The Labute approximate surface area is 182 Å². The number of nitrogens with one attached hydrogen (secondary N) is 2. The topological polar surface area (TPSA) is 149 Å². The summed E-state index contributed by atoms with van der Waals surface area (Å²) >= 11 is 0. The van der Waals surface area contributed by atoms with Gasteiger partial charge in [-0.25, -0.2) is 10.3 Å². The summed E-state index contributed by atoms with van der Waals surface area (Å²) < 4.78 is 15.6. The lowest BCUT2D eigenvalue weighted by Crippen LogP contribution is -2.48. The van der Waals surface area contributed by atoms with Crippen molar-refractivity contribution in [3.63, 3.8) is 0 Å². The maximum Gasteiger partial charge on any atom is 0.271 e. The second-order valence-corrected chi connectivity index (χ2v) is 6.61. The first-order valence-corrected chi connectivity index (χ1v) is 9.27. The maximum atomic E-state index is 12.7. The van der Waals surface area contributed by atoms with Crippen LogP contribution in [0.3, 0.4) is 0 Å². The Morgan fingerprint density at radius 3 is 2.31 bits per heavy atom. The van der Waals surface area contributed by atoms with Gasteiger partial charge in [-0.2, -0.15) is 0 Å². The number of carbonyl (C=O) groups excluding carboxylic acids is 3. The smallest absolute Gasteiger partial charge is 0.271 e. The van der Waals surface area contributed by atoms with E-state index in [9.17, 15) is 24.5 Å². The monoisotopic (exact) mass is 444 g/mol. The number of imide groups is 1. The third kappa shape index (κ3) is 4.30. The molecule has 2 aromatic rings. The number of amides is 3. The Balaban J connectivity index is 1.73. The zero-order valence-corrected chi connectivity index (χ0v) is 17.4. The van der Waals surface area contributed by atoms with E-state index in [1.807, 2.05) is 0 Å². The van der Waals surface area contributed by atoms with E-state index in [1.165, 1.54) is 51.7 Å². The van der Waals surface area contributed by atoms with Gasteiger partial charge in [-0.15, -0.1) is 0 Å². The van der Waals surface area contributed by atoms with E-state index in [0.29, 0.717) is 5.75 Å². The van der Waals surface area contributed by atoms with Crippen LogP contribution in [0.15, 0.2) is 36.4 Å². The molecule has 3 rings (SSSR count). The van der Waals surface area contributed by atoms with Gasteiger partial charge < -0.3 is 14.2 Å². The van der Waals surface area contributed by atoms with Crippen LogP contribution in [0.1, 0.15) is 16.8 Å². The zero-order chi connectivity index (χ0) is 23.4. The van der Waals surface area contributed by atoms with Gasteiger partial charge in [0, 0.05) is 17.7 Å². The molecule has 2 N–H and O–H groups in total. The molecule has 1 heterocycles. The maximum absolute atomic E-state index is 12.7. The van der Waals surface area contributed by atoms with Gasteiger partial charge in [0.05, 0.1) is 38.4 Å². The third-order valence-electron chi connectivity index (χ3n) is 4.73. The average molecular weight is 444 g/mol. The van der Waals surface area contributed by atoms with Crippen molar-refractivity contribution in [2.24, 2.45) is 0 Å². The van der Waals surface area contributed by atoms with Crippen LogP contribution in [0.25, 0.3) is 0 Å².